The molecule has 2 aromatic heterocycles. The summed E-state index contributed by atoms with van der Waals surface area (Å²) in [5, 5.41) is 13.7. The van der Waals surface area contributed by atoms with Crippen LogP contribution in [0.3, 0.4) is 0 Å². The fraction of sp³-hybridized carbons (Fsp3) is 0.0909. The first kappa shape index (κ1) is 17.4. The monoisotopic (exact) mass is 367 g/mol. The molecule has 0 bridgehead atoms. The number of ether oxygens (including phenoxy) is 1. The van der Waals surface area contributed by atoms with Gasteiger partial charge >= 0.3 is 0 Å². The van der Waals surface area contributed by atoms with Crippen molar-refractivity contribution < 1.29 is 4.74 Å². The first-order valence-corrected chi connectivity index (χ1v) is 8.74. The van der Waals surface area contributed by atoms with Crippen LogP contribution in [0.5, 0.6) is 5.75 Å². The van der Waals surface area contributed by atoms with Gasteiger partial charge in [0, 0.05) is 16.8 Å². The summed E-state index contributed by atoms with van der Waals surface area (Å²) in [5.41, 5.74) is 3.23. The highest BCUT2D eigenvalue weighted by Crippen LogP contribution is 2.26. The summed E-state index contributed by atoms with van der Waals surface area (Å²) >= 11 is 0. The van der Waals surface area contributed by atoms with Gasteiger partial charge in [-0.25, -0.2) is 9.97 Å². The standard InChI is InChI=1S/C22H17N5O/c1-15-4-3-5-20(24-15)27-22(18-10-12-19(28-2)13-11-18)25-21(26-27)17-8-6-16(14-23)7-9-17/h3-13H,1-2H3. The first-order valence-electron chi connectivity index (χ1n) is 8.74. The van der Waals surface area contributed by atoms with Gasteiger partial charge in [0.05, 0.1) is 18.7 Å². The molecule has 0 radical (unpaired) electrons. The molecule has 0 aliphatic heterocycles. The van der Waals surface area contributed by atoms with E-state index >= 15 is 0 Å². The molecule has 0 saturated heterocycles. The number of nitrogens with zero attached hydrogens (tertiary/aromatic N) is 5. The highest BCUT2D eigenvalue weighted by Gasteiger charge is 2.16. The predicted octanol–water partition coefficient (Wildman–Crippen LogP) is 4.19. The summed E-state index contributed by atoms with van der Waals surface area (Å²) < 4.78 is 6.99. The van der Waals surface area contributed by atoms with E-state index in [2.05, 4.69) is 11.1 Å². The van der Waals surface area contributed by atoms with Gasteiger partial charge < -0.3 is 4.74 Å². The van der Waals surface area contributed by atoms with E-state index in [0.29, 0.717) is 23.0 Å². The Morgan fingerprint density at radius 3 is 2.25 bits per heavy atom. The second-order valence-corrected chi connectivity index (χ2v) is 6.23. The van der Waals surface area contributed by atoms with Crippen molar-refractivity contribution >= 4 is 0 Å². The first-order chi connectivity index (χ1) is 13.7. The average Bonchev–Trinajstić information content (AvgIpc) is 3.19. The number of benzene rings is 2. The van der Waals surface area contributed by atoms with E-state index in [0.717, 1.165) is 22.6 Å². The highest BCUT2D eigenvalue weighted by atomic mass is 16.5. The van der Waals surface area contributed by atoms with E-state index in [4.69, 9.17) is 20.1 Å². The van der Waals surface area contributed by atoms with Gasteiger partial charge in [-0.15, -0.1) is 5.10 Å². The van der Waals surface area contributed by atoms with Crippen LogP contribution in [0.15, 0.2) is 66.7 Å². The van der Waals surface area contributed by atoms with Crippen molar-refractivity contribution in [3.05, 3.63) is 78.0 Å². The number of aryl methyl sites for hydroxylation is 1. The Balaban J connectivity index is 1.86. The number of rotatable bonds is 4. The molecule has 2 aromatic carbocycles. The van der Waals surface area contributed by atoms with Crippen molar-refractivity contribution in [3.8, 4) is 40.4 Å². The van der Waals surface area contributed by atoms with Crippen molar-refractivity contribution in [2.75, 3.05) is 7.11 Å². The Kier molecular flexibility index (Phi) is 4.56. The van der Waals surface area contributed by atoms with Crippen LogP contribution in [-0.2, 0) is 0 Å². The van der Waals surface area contributed by atoms with E-state index in [1.165, 1.54) is 0 Å². The van der Waals surface area contributed by atoms with E-state index in [1.54, 1.807) is 23.9 Å². The Morgan fingerprint density at radius 1 is 0.893 bits per heavy atom. The zero-order valence-corrected chi connectivity index (χ0v) is 15.5. The molecule has 6 nitrogen and oxygen atoms in total. The van der Waals surface area contributed by atoms with Crippen LogP contribution in [0.4, 0.5) is 0 Å². The van der Waals surface area contributed by atoms with Gasteiger partial charge in [0.25, 0.3) is 0 Å². The maximum absolute atomic E-state index is 9.01. The summed E-state index contributed by atoms with van der Waals surface area (Å²) in [7, 11) is 1.64. The summed E-state index contributed by atoms with van der Waals surface area (Å²) in [4.78, 5) is 9.35. The van der Waals surface area contributed by atoms with Gasteiger partial charge in [0.2, 0.25) is 0 Å². The van der Waals surface area contributed by atoms with Gasteiger partial charge in [0.15, 0.2) is 17.5 Å². The fourth-order valence-corrected chi connectivity index (χ4v) is 2.86. The van der Waals surface area contributed by atoms with Crippen LogP contribution >= 0.6 is 0 Å². The molecular formula is C22H17N5O. The molecule has 4 rings (SSSR count). The molecule has 0 atom stereocenters. The van der Waals surface area contributed by atoms with Gasteiger partial charge in [-0.1, -0.05) is 6.07 Å². The van der Waals surface area contributed by atoms with Crippen molar-refractivity contribution in [2.24, 2.45) is 0 Å². The Bertz CT molecular complexity index is 1160. The van der Waals surface area contributed by atoms with Gasteiger partial charge in [0.1, 0.15) is 5.75 Å². The molecular weight excluding hydrogens is 350 g/mol. The van der Waals surface area contributed by atoms with Crippen LogP contribution in [0.1, 0.15) is 11.3 Å². The summed E-state index contributed by atoms with van der Waals surface area (Å²) in [6.07, 6.45) is 0. The third kappa shape index (κ3) is 3.33. The molecule has 0 amide bonds. The number of aromatic nitrogens is 4. The number of nitriles is 1. The molecule has 0 N–H and O–H groups in total. The molecule has 136 valence electrons. The second-order valence-electron chi connectivity index (χ2n) is 6.23. The van der Waals surface area contributed by atoms with Crippen molar-refractivity contribution in [2.45, 2.75) is 6.92 Å². The predicted molar refractivity (Wildman–Crippen MR) is 106 cm³/mol. The minimum atomic E-state index is 0.568. The smallest absolute Gasteiger partial charge is 0.182 e. The maximum Gasteiger partial charge on any atom is 0.182 e. The van der Waals surface area contributed by atoms with Gasteiger partial charge in [-0.3, -0.25) is 0 Å². The molecule has 0 aliphatic rings. The van der Waals surface area contributed by atoms with Crippen molar-refractivity contribution in [1.82, 2.24) is 19.7 Å². The maximum atomic E-state index is 9.01. The molecule has 2 heterocycles. The molecule has 0 saturated carbocycles. The lowest BCUT2D eigenvalue weighted by Crippen LogP contribution is -2.03. The van der Waals surface area contributed by atoms with E-state index in [-0.39, 0.29) is 0 Å². The molecule has 0 fully saturated rings. The normalized spacial score (nSPS) is 10.5. The SMILES string of the molecule is COc1ccc(-c2nc(-c3ccc(C#N)cc3)nn2-c2cccc(C)n2)cc1. The van der Waals surface area contributed by atoms with E-state index in [1.807, 2.05) is 61.5 Å². The minimum Gasteiger partial charge on any atom is -0.497 e. The van der Waals surface area contributed by atoms with Crippen LogP contribution in [0, 0.1) is 18.3 Å². The molecule has 0 unspecified atom stereocenters. The molecule has 0 spiro atoms. The molecule has 28 heavy (non-hydrogen) atoms. The zero-order valence-electron chi connectivity index (χ0n) is 15.5. The minimum absolute atomic E-state index is 0.568. The number of pyridine rings is 1. The fourth-order valence-electron chi connectivity index (χ4n) is 2.86. The quantitative estimate of drug-likeness (QED) is 0.541. The largest absolute Gasteiger partial charge is 0.497 e. The van der Waals surface area contributed by atoms with Crippen molar-refractivity contribution in [1.29, 1.82) is 5.26 Å². The Hall–Kier alpha value is -3.98. The lowest BCUT2D eigenvalue weighted by molar-refractivity contribution is 0.415. The van der Waals surface area contributed by atoms with E-state index < -0.39 is 0 Å². The van der Waals surface area contributed by atoms with Gasteiger partial charge in [-0.2, -0.15) is 9.94 Å². The number of methoxy groups -OCH3 is 1. The van der Waals surface area contributed by atoms with Gasteiger partial charge in [-0.05, 0) is 67.6 Å². The van der Waals surface area contributed by atoms with E-state index in [9.17, 15) is 0 Å². The zero-order chi connectivity index (χ0) is 19.5. The second kappa shape index (κ2) is 7.33. The van der Waals surface area contributed by atoms with Crippen molar-refractivity contribution in [3.63, 3.8) is 0 Å². The molecule has 6 heteroatoms. The Labute approximate surface area is 162 Å². The lowest BCUT2D eigenvalue weighted by atomic mass is 10.1. The highest BCUT2D eigenvalue weighted by molar-refractivity contribution is 5.64. The van der Waals surface area contributed by atoms with Crippen LogP contribution in [-0.4, -0.2) is 26.9 Å². The molecule has 4 aromatic rings. The topological polar surface area (TPSA) is 76.6 Å². The Morgan fingerprint density at radius 2 is 1.61 bits per heavy atom. The third-order valence-corrected chi connectivity index (χ3v) is 4.32. The summed E-state index contributed by atoms with van der Waals surface area (Å²) in [5.74, 6) is 2.72. The molecule has 0 aliphatic carbocycles. The summed E-state index contributed by atoms with van der Waals surface area (Å²) in [6.45, 7) is 1.94. The van der Waals surface area contributed by atoms with Crippen LogP contribution < -0.4 is 4.74 Å². The number of hydrogen-bond acceptors (Lipinski definition) is 5. The lowest BCUT2D eigenvalue weighted by Gasteiger charge is -2.06. The number of hydrogen-bond donors (Lipinski definition) is 0. The van der Waals surface area contributed by atoms with Crippen LogP contribution in [0.25, 0.3) is 28.6 Å². The average molecular weight is 367 g/mol. The third-order valence-electron chi connectivity index (χ3n) is 4.32. The van der Waals surface area contributed by atoms with Crippen LogP contribution in [0.2, 0.25) is 0 Å². The summed E-state index contributed by atoms with van der Waals surface area (Å²) in [6, 6.07) is 22.8.